The summed E-state index contributed by atoms with van der Waals surface area (Å²) >= 11 is 0. The standard InChI is InChI=1S/C14H21NO/c16-15-13-10-14(8-4-1-5-9-14)12-7-3-2-6-11(12)13/h16H,1-10H2/b15-13+. The maximum absolute atomic E-state index is 9.17. The third kappa shape index (κ3) is 1.42. The Labute approximate surface area is 97.4 Å². The Morgan fingerprint density at radius 2 is 1.69 bits per heavy atom. The van der Waals surface area contributed by atoms with Gasteiger partial charge < -0.3 is 5.21 Å². The number of nitrogens with zero attached hydrogens (tertiary/aromatic N) is 1. The maximum atomic E-state index is 9.17. The molecule has 0 radical (unpaired) electrons. The van der Waals surface area contributed by atoms with Gasteiger partial charge in [0.2, 0.25) is 0 Å². The quantitative estimate of drug-likeness (QED) is 0.484. The van der Waals surface area contributed by atoms with Gasteiger partial charge in [0, 0.05) is 6.42 Å². The second kappa shape index (κ2) is 3.90. The van der Waals surface area contributed by atoms with Crippen LogP contribution in [0.3, 0.4) is 0 Å². The van der Waals surface area contributed by atoms with Crippen LogP contribution in [0.25, 0.3) is 0 Å². The van der Waals surface area contributed by atoms with Crippen molar-refractivity contribution in [2.24, 2.45) is 10.6 Å². The van der Waals surface area contributed by atoms with Gasteiger partial charge in [0.15, 0.2) is 0 Å². The molecule has 1 spiro atoms. The van der Waals surface area contributed by atoms with Crippen LogP contribution in [0, 0.1) is 5.41 Å². The van der Waals surface area contributed by atoms with Crippen LogP contribution >= 0.6 is 0 Å². The first-order chi connectivity index (χ1) is 7.86. The number of hydrogen-bond donors (Lipinski definition) is 1. The molecular formula is C14H21NO. The number of fused-ring (bicyclic) bond motifs is 1. The predicted molar refractivity (Wildman–Crippen MR) is 64.9 cm³/mol. The van der Waals surface area contributed by atoms with Crippen LogP contribution in [0.5, 0.6) is 0 Å². The highest BCUT2D eigenvalue weighted by atomic mass is 16.4. The van der Waals surface area contributed by atoms with Crippen molar-refractivity contribution in [2.75, 3.05) is 0 Å². The molecule has 3 aliphatic carbocycles. The van der Waals surface area contributed by atoms with E-state index in [-0.39, 0.29) is 0 Å². The summed E-state index contributed by atoms with van der Waals surface area (Å²) in [7, 11) is 0. The van der Waals surface area contributed by atoms with E-state index in [0.717, 1.165) is 18.6 Å². The van der Waals surface area contributed by atoms with Crippen LogP contribution in [0.1, 0.15) is 64.2 Å². The Kier molecular flexibility index (Phi) is 2.53. The Morgan fingerprint density at radius 1 is 0.938 bits per heavy atom. The highest BCUT2D eigenvalue weighted by molar-refractivity contribution is 6.04. The molecule has 0 aromatic carbocycles. The van der Waals surface area contributed by atoms with E-state index < -0.39 is 0 Å². The number of hydrogen-bond acceptors (Lipinski definition) is 2. The molecule has 0 saturated heterocycles. The summed E-state index contributed by atoms with van der Waals surface area (Å²) in [6.45, 7) is 0. The molecule has 1 fully saturated rings. The Balaban J connectivity index is 1.99. The van der Waals surface area contributed by atoms with Crippen molar-refractivity contribution in [2.45, 2.75) is 64.2 Å². The molecule has 0 heterocycles. The maximum Gasteiger partial charge on any atom is 0.0836 e. The minimum absolute atomic E-state index is 0.426. The van der Waals surface area contributed by atoms with Gasteiger partial charge in [-0.2, -0.15) is 0 Å². The van der Waals surface area contributed by atoms with Crippen LogP contribution in [-0.4, -0.2) is 10.9 Å². The second-order valence-corrected chi connectivity index (χ2v) is 5.73. The fourth-order valence-electron chi connectivity index (χ4n) is 4.15. The van der Waals surface area contributed by atoms with E-state index in [0.29, 0.717) is 5.41 Å². The molecule has 3 rings (SSSR count). The van der Waals surface area contributed by atoms with E-state index in [2.05, 4.69) is 5.16 Å². The first-order valence-corrected chi connectivity index (χ1v) is 6.79. The lowest BCUT2D eigenvalue weighted by atomic mass is 9.67. The van der Waals surface area contributed by atoms with Crippen molar-refractivity contribution in [1.29, 1.82) is 0 Å². The van der Waals surface area contributed by atoms with E-state index in [9.17, 15) is 5.21 Å². The molecule has 0 atom stereocenters. The molecule has 0 aromatic heterocycles. The van der Waals surface area contributed by atoms with Gasteiger partial charge in [-0.25, -0.2) is 0 Å². The van der Waals surface area contributed by atoms with Crippen molar-refractivity contribution in [1.82, 2.24) is 0 Å². The molecule has 16 heavy (non-hydrogen) atoms. The lowest BCUT2D eigenvalue weighted by Gasteiger charge is -2.37. The minimum Gasteiger partial charge on any atom is -0.411 e. The summed E-state index contributed by atoms with van der Waals surface area (Å²) in [5.41, 5.74) is 4.58. The Hall–Kier alpha value is -0.790. The highest BCUT2D eigenvalue weighted by Crippen LogP contribution is 2.55. The van der Waals surface area contributed by atoms with Crippen molar-refractivity contribution >= 4 is 5.71 Å². The third-order valence-corrected chi connectivity index (χ3v) is 4.89. The zero-order valence-corrected chi connectivity index (χ0v) is 9.97. The van der Waals surface area contributed by atoms with Gasteiger partial charge in [0.1, 0.15) is 0 Å². The van der Waals surface area contributed by atoms with E-state index in [1.165, 1.54) is 56.9 Å². The SMILES string of the molecule is O/N=C1\CC2(CCCCC2)C2=C1CCCC2. The van der Waals surface area contributed by atoms with Gasteiger partial charge in [-0.05, 0) is 49.5 Å². The molecule has 0 unspecified atom stereocenters. The minimum atomic E-state index is 0.426. The molecular weight excluding hydrogens is 198 g/mol. The smallest absolute Gasteiger partial charge is 0.0836 e. The fraction of sp³-hybridized carbons (Fsp3) is 0.786. The molecule has 1 saturated carbocycles. The van der Waals surface area contributed by atoms with E-state index in [1.54, 1.807) is 5.57 Å². The largest absolute Gasteiger partial charge is 0.411 e. The zero-order valence-electron chi connectivity index (χ0n) is 9.97. The summed E-state index contributed by atoms with van der Waals surface area (Å²) in [5, 5.41) is 12.8. The highest BCUT2D eigenvalue weighted by Gasteiger charge is 2.44. The Morgan fingerprint density at radius 3 is 2.44 bits per heavy atom. The van der Waals surface area contributed by atoms with Gasteiger partial charge in [0.25, 0.3) is 0 Å². The van der Waals surface area contributed by atoms with Crippen molar-refractivity contribution in [3.8, 4) is 0 Å². The lowest BCUT2D eigenvalue weighted by molar-refractivity contribution is 0.243. The molecule has 3 aliphatic rings. The molecule has 0 aliphatic heterocycles. The topological polar surface area (TPSA) is 32.6 Å². The first-order valence-electron chi connectivity index (χ1n) is 6.79. The average Bonchev–Trinajstić information content (AvgIpc) is 2.66. The first kappa shape index (κ1) is 10.4. The zero-order chi connectivity index (χ0) is 11.0. The van der Waals surface area contributed by atoms with Gasteiger partial charge >= 0.3 is 0 Å². The van der Waals surface area contributed by atoms with Crippen molar-refractivity contribution < 1.29 is 5.21 Å². The summed E-state index contributed by atoms with van der Waals surface area (Å²) < 4.78 is 0. The normalized spacial score (nSPS) is 31.1. The lowest BCUT2D eigenvalue weighted by Crippen LogP contribution is -2.24. The monoisotopic (exact) mass is 219 g/mol. The van der Waals surface area contributed by atoms with Crippen LogP contribution < -0.4 is 0 Å². The Bertz CT molecular complexity index is 348. The average molecular weight is 219 g/mol. The summed E-state index contributed by atoms with van der Waals surface area (Å²) in [6, 6.07) is 0. The van der Waals surface area contributed by atoms with E-state index in [4.69, 9.17) is 0 Å². The van der Waals surface area contributed by atoms with Crippen molar-refractivity contribution in [3.63, 3.8) is 0 Å². The van der Waals surface area contributed by atoms with E-state index >= 15 is 0 Å². The number of rotatable bonds is 0. The predicted octanol–water partition coefficient (Wildman–Crippen LogP) is 4.04. The van der Waals surface area contributed by atoms with Crippen molar-refractivity contribution in [3.05, 3.63) is 11.1 Å². The van der Waals surface area contributed by atoms with Gasteiger partial charge in [-0.15, -0.1) is 0 Å². The summed E-state index contributed by atoms with van der Waals surface area (Å²) in [4.78, 5) is 0. The molecule has 2 heteroatoms. The van der Waals surface area contributed by atoms with Crippen LogP contribution in [0.15, 0.2) is 16.3 Å². The fourth-order valence-corrected chi connectivity index (χ4v) is 4.15. The number of oxime groups is 1. The molecule has 1 N–H and O–H groups in total. The van der Waals surface area contributed by atoms with Crippen LogP contribution in [0.2, 0.25) is 0 Å². The van der Waals surface area contributed by atoms with Crippen LogP contribution in [-0.2, 0) is 0 Å². The summed E-state index contributed by atoms with van der Waals surface area (Å²) in [6.07, 6.45) is 12.9. The van der Waals surface area contributed by atoms with E-state index in [1.807, 2.05) is 0 Å². The molecule has 0 aromatic rings. The molecule has 2 nitrogen and oxygen atoms in total. The second-order valence-electron chi connectivity index (χ2n) is 5.73. The third-order valence-electron chi connectivity index (χ3n) is 4.89. The number of allylic oxidation sites excluding steroid dienone is 2. The summed E-state index contributed by atoms with van der Waals surface area (Å²) in [5.74, 6) is 0. The van der Waals surface area contributed by atoms with Crippen LogP contribution in [0.4, 0.5) is 0 Å². The van der Waals surface area contributed by atoms with Gasteiger partial charge in [-0.1, -0.05) is 30.0 Å². The molecule has 0 amide bonds. The molecule has 0 bridgehead atoms. The van der Waals surface area contributed by atoms with Gasteiger partial charge in [-0.3, -0.25) is 0 Å². The van der Waals surface area contributed by atoms with Gasteiger partial charge in [0.05, 0.1) is 5.71 Å². The molecule has 88 valence electrons.